The van der Waals surface area contributed by atoms with E-state index in [2.05, 4.69) is 36.8 Å². The van der Waals surface area contributed by atoms with Crippen molar-refractivity contribution in [1.82, 2.24) is 4.98 Å². The summed E-state index contributed by atoms with van der Waals surface area (Å²) < 4.78 is 1.79. The molecule has 2 nitrogen and oxygen atoms in total. The first-order chi connectivity index (χ1) is 8.04. The zero-order chi connectivity index (χ0) is 12.4. The van der Waals surface area contributed by atoms with Crippen molar-refractivity contribution in [1.29, 1.82) is 0 Å². The van der Waals surface area contributed by atoms with E-state index in [0.717, 1.165) is 19.6 Å². The molecule has 0 saturated heterocycles. The van der Waals surface area contributed by atoms with Crippen molar-refractivity contribution in [2.24, 2.45) is 0 Å². The molecular formula is C12H9Br2NOS. The Bertz CT molecular complexity index is 545. The lowest BCUT2D eigenvalue weighted by Gasteiger charge is -2.01. The Kier molecular flexibility index (Phi) is 4.12. The van der Waals surface area contributed by atoms with Crippen LogP contribution >= 0.6 is 43.2 Å². The van der Waals surface area contributed by atoms with Crippen LogP contribution in [0, 0.1) is 6.92 Å². The molecule has 0 aliphatic carbocycles. The molecule has 0 radical (unpaired) electrons. The molecule has 0 amide bonds. The van der Waals surface area contributed by atoms with Gasteiger partial charge < -0.3 is 0 Å². The summed E-state index contributed by atoms with van der Waals surface area (Å²) in [4.78, 5) is 16.3. The monoisotopic (exact) mass is 373 g/mol. The van der Waals surface area contributed by atoms with E-state index in [0.29, 0.717) is 12.0 Å². The number of nitrogens with zero attached hydrogens (tertiary/aromatic N) is 1. The summed E-state index contributed by atoms with van der Waals surface area (Å²) in [6.45, 7) is 1.94. The van der Waals surface area contributed by atoms with Gasteiger partial charge in [0, 0.05) is 19.9 Å². The lowest BCUT2D eigenvalue weighted by Crippen LogP contribution is -2.04. The highest BCUT2D eigenvalue weighted by Gasteiger charge is 2.10. The average molecular weight is 375 g/mol. The first-order valence-electron chi connectivity index (χ1n) is 4.95. The number of carbonyl (C=O) groups excluding carboxylic acids is 1. The molecule has 0 spiro atoms. The lowest BCUT2D eigenvalue weighted by molar-refractivity contribution is 0.0992. The molecule has 0 unspecified atom stereocenters. The second kappa shape index (κ2) is 5.42. The van der Waals surface area contributed by atoms with E-state index in [1.807, 2.05) is 30.5 Å². The fourth-order valence-corrected chi connectivity index (χ4v) is 3.38. The molecule has 1 aromatic heterocycles. The Morgan fingerprint density at radius 2 is 1.94 bits per heavy atom. The van der Waals surface area contributed by atoms with Crippen LogP contribution in [0.25, 0.3) is 0 Å². The molecule has 17 heavy (non-hydrogen) atoms. The van der Waals surface area contributed by atoms with Gasteiger partial charge in [0.15, 0.2) is 5.78 Å². The van der Waals surface area contributed by atoms with Crippen molar-refractivity contribution in [3.05, 3.63) is 48.8 Å². The van der Waals surface area contributed by atoms with E-state index in [-0.39, 0.29) is 5.78 Å². The number of ketones is 1. The summed E-state index contributed by atoms with van der Waals surface area (Å²) in [5.41, 5.74) is 1.53. The standard InChI is InChI=1S/C12H9Br2NOS/c1-7-15-11(6-17-7)5-12(16)8-2-9(13)4-10(14)3-8/h2-4,6H,5H2,1H3. The predicted molar refractivity (Wildman–Crippen MR) is 76.7 cm³/mol. The number of hydrogen-bond donors (Lipinski definition) is 0. The van der Waals surface area contributed by atoms with Crippen LogP contribution in [0.1, 0.15) is 21.1 Å². The smallest absolute Gasteiger partial charge is 0.168 e. The number of rotatable bonds is 3. The van der Waals surface area contributed by atoms with Crippen molar-refractivity contribution >= 4 is 49.0 Å². The van der Waals surface area contributed by atoms with Gasteiger partial charge in [-0.15, -0.1) is 11.3 Å². The van der Waals surface area contributed by atoms with Gasteiger partial charge in [0.2, 0.25) is 0 Å². The minimum absolute atomic E-state index is 0.0808. The molecule has 0 bridgehead atoms. The van der Waals surface area contributed by atoms with Crippen LogP contribution < -0.4 is 0 Å². The predicted octanol–water partition coefficient (Wildman–Crippen LogP) is 4.40. The van der Waals surface area contributed by atoms with Crippen LogP contribution in [0.15, 0.2) is 32.5 Å². The summed E-state index contributed by atoms with van der Waals surface area (Å²) >= 11 is 8.32. The number of aryl methyl sites for hydroxylation is 1. The largest absolute Gasteiger partial charge is 0.294 e. The number of hydrogen-bond acceptors (Lipinski definition) is 3. The number of halogens is 2. The van der Waals surface area contributed by atoms with Gasteiger partial charge in [-0.25, -0.2) is 4.98 Å². The van der Waals surface area contributed by atoms with Crippen molar-refractivity contribution in [3.63, 3.8) is 0 Å². The molecule has 0 N–H and O–H groups in total. The second-order valence-corrected chi connectivity index (χ2v) is 6.51. The molecule has 0 fully saturated rings. The van der Waals surface area contributed by atoms with Gasteiger partial charge in [-0.2, -0.15) is 0 Å². The van der Waals surface area contributed by atoms with E-state index in [4.69, 9.17) is 0 Å². The molecule has 0 aliphatic heterocycles. The maximum absolute atomic E-state index is 12.1. The van der Waals surface area contributed by atoms with E-state index in [9.17, 15) is 4.79 Å². The molecule has 0 atom stereocenters. The van der Waals surface area contributed by atoms with Gasteiger partial charge in [-0.3, -0.25) is 4.79 Å². The molecule has 2 aromatic rings. The van der Waals surface area contributed by atoms with Gasteiger partial charge >= 0.3 is 0 Å². The van der Waals surface area contributed by atoms with E-state index < -0.39 is 0 Å². The summed E-state index contributed by atoms with van der Waals surface area (Å²) in [5, 5.41) is 2.92. The Morgan fingerprint density at radius 3 is 2.47 bits per heavy atom. The van der Waals surface area contributed by atoms with Crippen molar-refractivity contribution < 1.29 is 4.79 Å². The highest BCUT2D eigenvalue weighted by atomic mass is 79.9. The highest BCUT2D eigenvalue weighted by molar-refractivity contribution is 9.11. The fourth-order valence-electron chi connectivity index (χ4n) is 1.47. The quantitative estimate of drug-likeness (QED) is 0.745. The van der Waals surface area contributed by atoms with Crippen LogP contribution in [0.5, 0.6) is 0 Å². The topological polar surface area (TPSA) is 30.0 Å². The fraction of sp³-hybridized carbons (Fsp3) is 0.167. The Labute approximate surface area is 120 Å². The molecule has 0 saturated carbocycles. The third kappa shape index (κ3) is 3.47. The molecular weight excluding hydrogens is 366 g/mol. The third-order valence-electron chi connectivity index (χ3n) is 2.19. The summed E-state index contributed by atoms with van der Waals surface area (Å²) in [5.74, 6) is 0.0808. The minimum atomic E-state index is 0.0808. The van der Waals surface area contributed by atoms with E-state index >= 15 is 0 Å². The number of benzene rings is 1. The first-order valence-corrected chi connectivity index (χ1v) is 7.41. The summed E-state index contributed by atoms with van der Waals surface area (Å²) in [7, 11) is 0. The molecule has 5 heteroatoms. The Morgan fingerprint density at radius 1 is 1.29 bits per heavy atom. The Balaban J connectivity index is 2.19. The van der Waals surface area contributed by atoms with E-state index in [1.165, 1.54) is 0 Å². The third-order valence-corrected chi connectivity index (χ3v) is 3.93. The van der Waals surface area contributed by atoms with Crippen molar-refractivity contribution in [2.45, 2.75) is 13.3 Å². The minimum Gasteiger partial charge on any atom is -0.294 e. The second-order valence-electron chi connectivity index (χ2n) is 3.62. The molecule has 1 aromatic carbocycles. The van der Waals surface area contributed by atoms with Gasteiger partial charge in [-0.1, -0.05) is 31.9 Å². The first kappa shape index (κ1) is 12.9. The van der Waals surface area contributed by atoms with Crippen molar-refractivity contribution in [3.8, 4) is 0 Å². The van der Waals surface area contributed by atoms with Crippen molar-refractivity contribution in [2.75, 3.05) is 0 Å². The average Bonchev–Trinajstić information content (AvgIpc) is 2.62. The number of aromatic nitrogens is 1. The zero-order valence-corrected chi connectivity index (χ0v) is 13.0. The number of carbonyl (C=O) groups is 1. The molecule has 2 rings (SSSR count). The SMILES string of the molecule is Cc1nc(CC(=O)c2cc(Br)cc(Br)c2)cs1. The zero-order valence-electron chi connectivity index (χ0n) is 9.04. The van der Waals surface area contributed by atoms with Crippen LogP contribution in [0.3, 0.4) is 0 Å². The lowest BCUT2D eigenvalue weighted by atomic mass is 10.1. The number of thiazole rings is 1. The van der Waals surface area contributed by atoms with Gasteiger partial charge in [0.25, 0.3) is 0 Å². The van der Waals surface area contributed by atoms with Gasteiger partial charge in [-0.05, 0) is 25.1 Å². The maximum Gasteiger partial charge on any atom is 0.168 e. The maximum atomic E-state index is 12.1. The highest BCUT2D eigenvalue weighted by Crippen LogP contribution is 2.21. The normalized spacial score (nSPS) is 10.5. The molecule has 88 valence electrons. The Hall–Kier alpha value is -0.520. The van der Waals surface area contributed by atoms with Crippen LogP contribution in [0.4, 0.5) is 0 Å². The number of Topliss-reactive ketones (excluding diaryl/α,β-unsaturated/α-hetero) is 1. The van der Waals surface area contributed by atoms with Crippen LogP contribution in [-0.4, -0.2) is 10.8 Å². The summed E-state index contributed by atoms with van der Waals surface area (Å²) in [6.07, 6.45) is 0.354. The molecule has 0 aliphatic rings. The van der Waals surface area contributed by atoms with Crippen LogP contribution in [0.2, 0.25) is 0 Å². The van der Waals surface area contributed by atoms with Gasteiger partial charge in [0.05, 0.1) is 17.1 Å². The summed E-state index contributed by atoms with van der Waals surface area (Å²) in [6, 6.07) is 5.56. The van der Waals surface area contributed by atoms with E-state index in [1.54, 1.807) is 11.3 Å². The van der Waals surface area contributed by atoms with Gasteiger partial charge in [0.1, 0.15) is 0 Å². The van der Waals surface area contributed by atoms with Crippen LogP contribution in [-0.2, 0) is 6.42 Å². The molecule has 1 heterocycles.